The third-order valence-electron chi connectivity index (χ3n) is 3.01. The Morgan fingerprint density at radius 1 is 1.38 bits per heavy atom. The highest BCUT2D eigenvalue weighted by Crippen LogP contribution is 2.27. The van der Waals surface area contributed by atoms with Crippen molar-refractivity contribution in [2.45, 2.75) is 45.6 Å². The maximum atomic E-state index is 8.96. The summed E-state index contributed by atoms with van der Waals surface area (Å²) >= 11 is 0. The van der Waals surface area contributed by atoms with Crippen molar-refractivity contribution in [3.8, 4) is 0 Å². The van der Waals surface area contributed by atoms with Gasteiger partial charge in [0.2, 0.25) is 0 Å². The van der Waals surface area contributed by atoms with E-state index < -0.39 is 0 Å². The van der Waals surface area contributed by atoms with E-state index in [4.69, 9.17) is 9.84 Å². The van der Waals surface area contributed by atoms with Gasteiger partial charge in [0.1, 0.15) is 0 Å². The van der Waals surface area contributed by atoms with Crippen LogP contribution in [0.3, 0.4) is 0 Å². The van der Waals surface area contributed by atoms with E-state index in [1.807, 2.05) is 0 Å². The van der Waals surface area contributed by atoms with Crippen LogP contribution >= 0.6 is 0 Å². The molecule has 0 radical (unpaired) electrons. The van der Waals surface area contributed by atoms with Crippen LogP contribution in [0.5, 0.6) is 0 Å². The molecule has 1 N–H and O–H groups in total. The van der Waals surface area contributed by atoms with Crippen molar-refractivity contribution in [3.05, 3.63) is 0 Å². The average Bonchev–Trinajstić information content (AvgIpc) is 2.15. The SMILES string of the molecule is CC(C)C(CCO)C1CCCCO1. The predicted octanol–water partition coefficient (Wildman–Crippen LogP) is 2.21. The molecule has 1 rings (SSSR count). The number of hydrogen-bond acceptors (Lipinski definition) is 2. The molecular weight excluding hydrogens is 164 g/mol. The third-order valence-corrected chi connectivity index (χ3v) is 3.01. The second kappa shape index (κ2) is 5.61. The lowest BCUT2D eigenvalue weighted by Crippen LogP contribution is -2.31. The third kappa shape index (κ3) is 3.28. The molecule has 0 aliphatic carbocycles. The number of ether oxygens (including phenoxy) is 1. The molecule has 13 heavy (non-hydrogen) atoms. The minimum Gasteiger partial charge on any atom is -0.396 e. The Hall–Kier alpha value is -0.0800. The van der Waals surface area contributed by atoms with Crippen LogP contribution in [-0.2, 0) is 4.74 Å². The molecule has 2 unspecified atom stereocenters. The molecule has 2 atom stereocenters. The van der Waals surface area contributed by atoms with Crippen molar-refractivity contribution in [2.24, 2.45) is 11.8 Å². The highest BCUT2D eigenvalue weighted by molar-refractivity contribution is 4.75. The fraction of sp³-hybridized carbons (Fsp3) is 1.00. The first-order valence-electron chi connectivity index (χ1n) is 5.48. The van der Waals surface area contributed by atoms with Gasteiger partial charge in [-0.1, -0.05) is 13.8 Å². The zero-order valence-corrected chi connectivity index (χ0v) is 8.83. The normalized spacial score (nSPS) is 26.3. The Morgan fingerprint density at radius 2 is 2.15 bits per heavy atom. The van der Waals surface area contributed by atoms with Crippen LogP contribution < -0.4 is 0 Å². The summed E-state index contributed by atoms with van der Waals surface area (Å²) in [5, 5.41) is 8.96. The van der Waals surface area contributed by atoms with E-state index in [2.05, 4.69) is 13.8 Å². The Morgan fingerprint density at radius 3 is 2.62 bits per heavy atom. The molecule has 1 saturated heterocycles. The van der Waals surface area contributed by atoms with E-state index in [0.29, 0.717) is 24.5 Å². The molecule has 0 spiro atoms. The van der Waals surface area contributed by atoms with Gasteiger partial charge in [-0.3, -0.25) is 0 Å². The highest BCUT2D eigenvalue weighted by Gasteiger charge is 2.26. The van der Waals surface area contributed by atoms with E-state index in [0.717, 1.165) is 13.0 Å². The quantitative estimate of drug-likeness (QED) is 0.729. The molecule has 0 aromatic rings. The zero-order valence-electron chi connectivity index (χ0n) is 8.83. The summed E-state index contributed by atoms with van der Waals surface area (Å²) in [6, 6.07) is 0. The first-order valence-corrected chi connectivity index (χ1v) is 5.48. The van der Waals surface area contributed by atoms with E-state index in [1.165, 1.54) is 19.3 Å². The monoisotopic (exact) mass is 186 g/mol. The van der Waals surface area contributed by atoms with Gasteiger partial charge in [0.25, 0.3) is 0 Å². The van der Waals surface area contributed by atoms with Crippen LogP contribution in [0.25, 0.3) is 0 Å². The first-order chi connectivity index (χ1) is 6.25. The first kappa shape index (κ1) is 11.0. The molecule has 78 valence electrons. The standard InChI is InChI=1S/C11H22O2/c1-9(2)10(6-7-12)11-5-3-4-8-13-11/h9-12H,3-8H2,1-2H3. The van der Waals surface area contributed by atoms with Crippen molar-refractivity contribution in [2.75, 3.05) is 13.2 Å². The minimum absolute atomic E-state index is 0.294. The second-order valence-corrected chi connectivity index (χ2v) is 4.33. The molecule has 0 aromatic carbocycles. The molecule has 0 saturated carbocycles. The van der Waals surface area contributed by atoms with Gasteiger partial charge in [-0.15, -0.1) is 0 Å². The topological polar surface area (TPSA) is 29.5 Å². The van der Waals surface area contributed by atoms with Crippen molar-refractivity contribution in [1.82, 2.24) is 0 Å². The lowest BCUT2D eigenvalue weighted by Gasteiger charge is -2.32. The number of aliphatic hydroxyl groups excluding tert-OH is 1. The highest BCUT2D eigenvalue weighted by atomic mass is 16.5. The smallest absolute Gasteiger partial charge is 0.0606 e. The summed E-state index contributed by atoms with van der Waals surface area (Å²) in [4.78, 5) is 0. The van der Waals surface area contributed by atoms with Gasteiger partial charge < -0.3 is 9.84 Å². The van der Waals surface area contributed by atoms with Gasteiger partial charge in [-0.05, 0) is 37.5 Å². The zero-order chi connectivity index (χ0) is 9.68. The molecule has 1 aliphatic rings. The van der Waals surface area contributed by atoms with E-state index in [9.17, 15) is 0 Å². The average molecular weight is 186 g/mol. The Balaban J connectivity index is 2.41. The van der Waals surface area contributed by atoms with Crippen LogP contribution in [0.1, 0.15) is 39.5 Å². The molecule has 2 heteroatoms. The van der Waals surface area contributed by atoms with Crippen LogP contribution in [0, 0.1) is 11.8 Å². The van der Waals surface area contributed by atoms with Gasteiger partial charge in [0, 0.05) is 13.2 Å². The lowest BCUT2D eigenvalue weighted by molar-refractivity contribution is -0.0397. The summed E-state index contributed by atoms with van der Waals surface area (Å²) in [5.41, 5.74) is 0. The summed E-state index contributed by atoms with van der Waals surface area (Å²) in [6.07, 6.45) is 4.98. The van der Waals surface area contributed by atoms with E-state index in [1.54, 1.807) is 0 Å². The van der Waals surface area contributed by atoms with Gasteiger partial charge in [0.15, 0.2) is 0 Å². The molecule has 0 bridgehead atoms. The predicted molar refractivity (Wildman–Crippen MR) is 53.6 cm³/mol. The van der Waals surface area contributed by atoms with Crippen LogP contribution in [-0.4, -0.2) is 24.4 Å². The number of aliphatic hydroxyl groups is 1. The van der Waals surface area contributed by atoms with Crippen molar-refractivity contribution in [3.63, 3.8) is 0 Å². The van der Waals surface area contributed by atoms with Crippen LogP contribution in [0.4, 0.5) is 0 Å². The van der Waals surface area contributed by atoms with Crippen molar-refractivity contribution >= 4 is 0 Å². The molecule has 1 aliphatic heterocycles. The molecule has 0 aromatic heterocycles. The largest absolute Gasteiger partial charge is 0.396 e. The second-order valence-electron chi connectivity index (χ2n) is 4.33. The van der Waals surface area contributed by atoms with Gasteiger partial charge in [-0.2, -0.15) is 0 Å². The van der Waals surface area contributed by atoms with Crippen molar-refractivity contribution < 1.29 is 9.84 Å². The van der Waals surface area contributed by atoms with Gasteiger partial charge in [0.05, 0.1) is 6.10 Å². The van der Waals surface area contributed by atoms with Gasteiger partial charge >= 0.3 is 0 Å². The fourth-order valence-corrected chi connectivity index (χ4v) is 2.20. The summed E-state index contributed by atoms with van der Waals surface area (Å²) in [6.45, 7) is 5.65. The molecule has 1 fully saturated rings. The van der Waals surface area contributed by atoms with Crippen LogP contribution in [0.2, 0.25) is 0 Å². The molecule has 1 heterocycles. The lowest BCUT2D eigenvalue weighted by atomic mass is 9.84. The number of hydrogen-bond donors (Lipinski definition) is 1. The van der Waals surface area contributed by atoms with E-state index in [-0.39, 0.29) is 0 Å². The molecule has 0 amide bonds. The maximum absolute atomic E-state index is 8.96. The van der Waals surface area contributed by atoms with E-state index >= 15 is 0 Å². The summed E-state index contributed by atoms with van der Waals surface area (Å²) in [5.74, 6) is 1.17. The molecule has 2 nitrogen and oxygen atoms in total. The maximum Gasteiger partial charge on any atom is 0.0606 e. The van der Waals surface area contributed by atoms with Crippen LogP contribution in [0.15, 0.2) is 0 Å². The van der Waals surface area contributed by atoms with Crippen molar-refractivity contribution in [1.29, 1.82) is 0 Å². The molecular formula is C11H22O2. The summed E-state index contributed by atoms with van der Waals surface area (Å²) in [7, 11) is 0. The Labute approximate surface area is 81.3 Å². The Bertz CT molecular complexity index is 128. The Kier molecular flexibility index (Phi) is 4.74. The summed E-state index contributed by atoms with van der Waals surface area (Å²) < 4.78 is 5.74. The fourth-order valence-electron chi connectivity index (χ4n) is 2.20. The number of rotatable bonds is 4. The minimum atomic E-state index is 0.294. The van der Waals surface area contributed by atoms with Gasteiger partial charge in [-0.25, -0.2) is 0 Å².